The Morgan fingerprint density at radius 2 is 1.43 bits per heavy atom. The fourth-order valence-corrected chi connectivity index (χ4v) is 3.04. The van der Waals surface area contributed by atoms with Crippen molar-refractivity contribution in [3.63, 3.8) is 0 Å². The maximum atomic E-state index is 5.94. The quantitative estimate of drug-likeness (QED) is 0.454. The summed E-state index contributed by atoms with van der Waals surface area (Å²) in [5, 5.41) is 3.03. The van der Waals surface area contributed by atoms with Gasteiger partial charge in [0.15, 0.2) is 0 Å². The van der Waals surface area contributed by atoms with Crippen LogP contribution in [0.5, 0.6) is 0 Å². The first-order valence-electron chi connectivity index (χ1n) is 7.38. The second-order valence-electron chi connectivity index (χ2n) is 5.36. The van der Waals surface area contributed by atoms with Gasteiger partial charge in [0.2, 0.25) is 0 Å². The van der Waals surface area contributed by atoms with Crippen molar-refractivity contribution in [1.82, 2.24) is 15.0 Å². The molecule has 0 spiro atoms. The summed E-state index contributed by atoms with van der Waals surface area (Å²) >= 11 is 0. The van der Waals surface area contributed by atoms with Crippen molar-refractivity contribution in [2.45, 2.75) is 0 Å². The van der Waals surface area contributed by atoms with Crippen LogP contribution in [0.25, 0.3) is 44.2 Å². The molecule has 0 aliphatic carbocycles. The third kappa shape index (κ3) is 1.75. The molecule has 4 heterocycles. The van der Waals surface area contributed by atoms with E-state index >= 15 is 0 Å². The molecule has 4 heteroatoms. The normalized spacial score (nSPS) is 11.5. The average Bonchev–Trinajstić information content (AvgIpc) is 3.00. The van der Waals surface area contributed by atoms with Crippen LogP contribution in [0.4, 0.5) is 0 Å². The Kier molecular flexibility index (Phi) is 2.46. The molecule has 0 amide bonds. The van der Waals surface area contributed by atoms with Crippen molar-refractivity contribution in [3.8, 4) is 11.4 Å². The fourth-order valence-electron chi connectivity index (χ4n) is 3.04. The SMILES string of the molecule is c1ccc2c(c1)oc1ccnc(-c3nccc4ncccc34)c12. The molecule has 4 aromatic heterocycles. The standard InChI is InChI=1S/C19H11N3O/c1-2-6-15-13(4-1)17-16(23-15)8-11-22-19(17)18-12-5-3-9-20-14(12)7-10-21-18/h1-11H. The molecule has 0 saturated heterocycles. The minimum Gasteiger partial charge on any atom is -0.456 e. The van der Waals surface area contributed by atoms with Gasteiger partial charge in [0.05, 0.1) is 16.6 Å². The van der Waals surface area contributed by atoms with Gasteiger partial charge in [0, 0.05) is 29.4 Å². The van der Waals surface area contributed by atoms with Crippen molar-refractivity contribution in [1.29, 1.82) is 0 Å². The molecular weight excluding hydrogens is 286 g/mol. The lowest BCUT2D eigenvalue weighted by Crippen LogP contribution is -1.91. The molecule has 1 aromatic carbocycles. The smallest absolute Gasteiger partial charge is 0.139 e. The maximum absolute atomic E-state index is 5.94. The molecule has 5 aromatic rings. The molecule has 0 saturated carbocycles. The maximum Gasteiger partial charge on any atom is 0.139 e. The van der Waals surface area contributed by atoms with Crippen molar-refractivity contribution >= 4 is 32.8 Å². The minimum atomic E-state index is 0.818. The Morgan fingerprint density at radius 1 is 0.609 bits per heavy atom. The van der Waals surface area contributed by atoms with Crippen LogP contribution in [0, 0.1) is 0 Å². The number of aromatic nitrogens is 3. The molecule has 5 rings (SSSR count). The Labute approximate surface area is 131 Å². The largest absolute Gasteiger partial charge is 0.456 e. The zero-order chi connectivity index (χ0) is 15.2. The summed E-state index contributed by atoms with van der Waals surface area (Å²) in [6.07, 6.45) is 5.32. The van der Waals surface area contributed by atoms with E-state index < -0.39 is 0 Å². The van der Waals surface area contributed by atoms with Crippen molar-refractivity contribution < 1.29 is 4.42 Å². The van der Waals surface area contributed by atoms with E-state index in [2.05, 4.69) is 21.0 Å². The molecule has 0 atom stereocenters. The molecule has 0 aliphatic rings. The number of hydrogen-bond donors (Lipinski definition) is 0. The first-order chi connectivity index (χ1) is 11.4. The Bertz CT molecular complexity index is 1170. The van der Waals surface area contributed by atoms with E-state index in [9.17, 15) is 0 Å². The van der Waals surface area contributed by atoms with E-state index in [0.717, 1.165) is 44.2 Å². The van der Waals surface area contributed by atoms with Gasteiger partial charge in [0.1, 0.15) is 16.9 Å². The van der Waals surface area contributed by atoms with Gasteiger partial charge < -0.3 is 4.42 Å². The average molecular weight is 297 g/mol. The van der Waals surface area contributed by atoms with Crippen LogP contribution in [0.2, 0.25) is 0 Å². The molecule has 0 aliphatic heterocycles. The van der Waals surface area contributed by atoms with Crippen LogP contribution in [0.1, 0.15) is 0 Å². The van der Waals surface area contributed by atoms with Gasteiger partial charge in [-0.1, -0.05) is 18.2 Å². The Balaban J connectivity index is 1.96. The van der Waals surface area contributed by atoms with Gasteiger partial charge in [-0.25, -0.2) is 0 Å². The first kappa shape index (κ1) is 12.3. The first-order valence-corrected chi connectivity index (χ1v) is 7.38. The fraction of sp³-hybridized carbons (Fsp3) is 0. The zero-order valence-electron chi connectivity index (χ0n) is 12.1. The van der Waals surface area contributed by atoms with Crippen LogP contribution >= 0.6 is 0 Å². The second-order valence-corrected chi connectivity index (χ2v) is 5.36. The summed E-state index contributed by atoms with van der Waals surface area (Å²) in [5.74, 6) is 0. The Hall–Kier alpha value is -3.27. The van der Waals surface area contributed by atoms with E-state index in [4.69, 9.17) is 4.42 Å². The summed E-state index contributed by atoms with van der Waals surface area (Å²) in [5.41, 5.74) is 4.23. The van der Waals surface area contributed by atoms with Gasteiger partial charge in [-0.2, -0.15) is 0 Å². The van der Waals surface area contributed by atoms with E-state index in [1.807, 2.05) is 42.5 Å². The van der Waals surface area contributed by atoms with Crippen LogP contribution in [0.3, 0.4) is 0 Å². The summed E-state index contributed by atoms with van der Waals surface area (Å²) in [4.78, 5) is 13.6. The Morgan fingerprint density at radius 3 is 2.43 bits per heavy atom. The highest BCUT2D eigenvalue weighted by atomic mass is 16.3. The lowest BCUT2D eigenvalue weighted by atomic mass is 10.1. The summed E-state index contributed by atoms with van der Waals surface area (Å²) in [7, 11) is 0. The number of para-hydroxylation sites is 1. The summed E-state index contributed by atoms with van der Waals surface area (Å²) in [6, 6.07) is 15.7. The number of pyridine rings is 3. The molecule has 108 valence electrons. The predicted molar refractivity (Wildman–Crippen MR) is 90.0 cm³/mol. The van der Waals surface area contributed by atoms with E-state index in [0.29, 0.717) is 0 Å². The molecule has 23 heavy (non-hydrogen) atoms. The lowest BCUT2D eigenvalue weighted by Gasteiger charge is -2.05. The van der Waals surface area contributed by atoms with Gasteiger partial charge in [-0.3, -0.25) is 15.0 Å². The minimum absolute atomic E-state index is 0.818. The number of rotatable bonds is 1. The number of furan rings is 1. The number of hydrogen-bond acceptors (Lipinski definition) is 4. The summed E-state index contributed by atoms with van der Waals surface area (Å²) in [6.45, 7) is 0. The van der Waals surface area contributed by atoms with Crippen LogP contribution in [-0.2, 0) is 0 Å². The lowest BCUT2D eigenvalue weighted by molar-refractivity contribution is 0.668. The third-order valence-electron chi connectivity index (χ3n) is 4.04. The molecule has 0 radical (unpaired) electrons. The molecule has 0 bridgehead atoms. The topological polar surface area (TPSA) is 51.8 Å². The van der Waals surface area contributed by atoms with Gasteiger partial charge in [-0.05, 0) is 30.3 Å². The van der Waals surface area contributed by atoms with E-state index in [-0.39, 0.29) is 0 Å². The van der Waals surface area contributed by atoms with Crippen LogP contribution in [-0.4, -0.2) is 15.0 Å². The van der Waals surface area contributed by atoms with Crippen LogP contribution in [0.15, 0.2) is 71.5 Å². The van der Waals surface area contributed by atoms with Crippen LogP contribution < -0.4 is 0 Å². The van der Waals surface area contributed by atoms with Gasteiger partial charge >= 0.3 is 0 Å². The van der Waals surface area contributed by atoms with Gasteiger partial charge in [0.25, 0.3) is 0 Å². The molecular formula is C19H11N3O. The highest BCUT2D eigenvalue weighted by molar-refractivity contribution is 6.13. The monoisotopic (exact) mass is 297 g/mol. The van der Waals surface area contributed by atoms with E-state index in [1.54, 1.807) is 18.6 Å². The highest BCUT2D eigenvalue weighted by Gasteiger charge is 2.16. The van der Waals surface area contributed by atoms with Crippen molar-refractivity contribution in [2.75, 3.05) is 0 Å². The van der Waals surface area contributed by atoms with E-state index in [1.165, 1.54) is 0 Å². The molecule has 0 N–H and O–H groups in total. The number of nitrogens with zero attached hydrogens (tertiary/aromatic N) is 3. The van der Waals surface area contributed by atoms with Gasteiger partial charge in [-0.15, -0.1) is 0 Å². The third-order valence-corrected chi connectivity index (χ3v) is 4.04. The number of fused-ring (bicyclic) bond motifs is 4. The zero-order valence-corrected chi connectivity index (χ0v) is 12.1. The molecule has 0 fully saturated rings. The van der Waals surface area contributed by atoms with Crippen molar-refractivity contribution in [3.05, 3.63) is 67.1 Å². The predicted octanol–water partition coefficient (Wildman–Crippen LogP) is 4.59. The molecule has 4 nitrogen and oxygen atoms in total. The summed E-state index contributed by atoms with van der Waals surface area (Å²) < 4.78 is 5.94. The second kappa shape index (κ2) is 4.61. The number of benzene rings is 1. The highest BCUT2D eigenvalue weighted by Crippen LogP contribution is 2.36. The van der Waals surface area contributed by atoms with Crippen molar-refractivity contribution in [2.24, 2.45) is 0 Å². The molecule has 0 unspecified atom stereocenters.